The van der Waals surface area contributed by atoms with Crippen molar-refractivity contribution in [1.82, 2.24) is 4.90 Å². The number of halogens is 2. The van der Waals surface area contributed by atoms with E-state index in [1.165, 1.54) is 0 Å². The van der Waals surface area contributed by atoms with E-state index in [-0.39, 0.29) is 42.5 Å². The molecule has 0 aromatic carbocycles. The Morgan fingerprint density at radius 2 is 1.83 bits per heavy atom. The van der Waals surface area contributed by atoms with Gasteiger partial charge < -0.3 is 0 Å². The highest BCUT2D eigenvalue weighted by atomic mass is 19.3. The van der Waals surface area contributed by atoms with E-state index in [2.05, 4.69) is 25.3 Å². The van der Waals surface area contributed by atoms with Gasteiger partial charge in [0.2, 0.25) is 5.92 Å². The van der Waals surface area contributed by atoms with Crippen LogP contribution in [0.25, 0.3) is 0 Å². The Kier molecular flexibility index (Phi) is 7.85. The Bertz CT molecular complexity index is 383. The number of hydrogen-bond acceptors (Lipinski definition) is 2. The number of carbonyl (C=O) groups is 1. The highest BCUT2D eigenvalue weighted by molar-refractivity contribution is 5.85. The molecule has 0 aromatic heterocycles. The summed E-state index contributed by atoms with van der Waals surface area (Å²) in [6, 6.07) is 0.0966. The number of nitrogens with zero attached hydrogens (tertiary/aromatic N) is 1. The van der Waals surface area contributed by atoms with Crippen LogP contribution in [0.1, 0.15) is 66.2 Å². The highest BCUT2D eigenvalue weighted by Crippen LogP contribution is 2.38. The van der Waals surface area contributed by atoms with E-state index in [0.717, 1.165) is 13.0 Å². The van der Waals surface area contributed by atoms with Crippen molar-refractivity contribution >= 4 is 5.78 Å². The molecule has 1 atom stereocenters. The van der Waals surface area contributed by atoms with Gasteiger partial charge in [-0.3, -0.25) is 9.69 Å². The smallest absolute Gasteiger partial charge is 0.248 e. The summed E-state index contributed by atoms with van der Waals surface area (Å²) in [4.78, 5) is 15.0. The Labute approximate surface area is 140 Å². The molecule has 0 N–H and O–H groups in total. The van der Waals surface area contributed by atoms with Gasteiger partial charge in [-0.2, -0.15) is 0 Å². The van der Waals surface area contributed by atoms with Crippen molar-refractivity contribution < 1.29 is 13.6 Å². The van der Waals surface area contributed by atoms with Crippen molar-refractivity contribution in [1.29, 1.82) is 0 Å². The number of carbonyl (C=O) groups excluding carboxylic acids is 1. The van der Waals surface area contributed by atoms with Gasteiger partial charge in [0.05, 0.1) is 6.04 Å². The first kappa shape index (κ1) is 20.3. The Hall–Kier alpha value is -0.770. The van der Waals surface area contributed by atoms with E-state index in [4.69, 9.17) is 0 Å². The number of rotatable bonds is 9. The number of ketones is 1. The lowest BCUT2D eigenvalue weighted by molar-refractivity contribution is -0.129. The zero-order chi connectivity index (χ0) is 17.6. The molecule has 134 valence electrons. The Balaban J connectivity index is 2.83. The molecule has 0 aliphatic heterocycles. The maximum Gasteiger partial charge on any atom is 0.248 e. The van der Waals surface area contributed by atoms with Crippen LogP contribution in [0.3, 0.4) is 0 Å². The second-order valence-corrected chi connectivity index (χ2v) is 7.52. The van der Waals surface area contributed by atoms with Gasteiger partial charge in [0.15, 0.2) is 5.78 Å². The minimum Gasteiger partial charge on any atom is -0.298 e. The van der Waals surface area contributed by atoms with E-state index in [0.29, 0.717) is 19.3 Å². The van der Waals surface area contributed by atoms with Gasteiger partial charge in [-0.25, -0.2) is 8.78 Å². The molecule has 23 heavy (non-hydrogen) atoms. The molecule has 4 heteroatoms. The first-order valence-corrected chi connectivity index (χ1v) is 8.96. The SMILES string of the molecule is C=CCCN(C(C)C)[C@@H](CC1CCC(F)(F)CC1)C(=O)C(C)C. The van der Waals surface area contributed by atoms with Crippen molar-refractivity contribution in [3.8, 4) is 0 Å². The molecule has 0 spiro atoms. The van der Waals surface area contributed by atoms with Gasteiger partial charge in [0.1, 0.15) is 0 Å². The molecule has 0 bridgehead atoms. The second-order valence-electron chi connectivity index (χ2n) is 7.52. The summed E-state index contributed by atoms with van der Waals surface area (Å²) in [5, 5.41) is 0. The molecule has 0 radical (unpaired) electrons. The Morgan fingerprint density at radius 3 is 2.26 bits per heavy atom. The van der Waals surface area contributed by atoms with Gasteiger partial charge >= 0.3 is 0 Å². The van der Waals surface area contributed by atoms with Crippen LogP contribution in [-0.4, -0.2) is 35.2 Å². The fourth-order valence-corrected chi connectivity index (χ4v) is 3.47. The van der Waals surface area contributed by atoms with Crippen LogP contribution in [-0.2, 0) is 4.79 Å². The first-order chi connectivity index (χ1) is 10.7. The van der Waals surface area contributed by atoms with E-state index >= 15 is 0 Å². The molecule has 0 heterocycles. The van der Waals surface area contributed by atoms with Crippen LogP contribution in [0.4, 0.5) is 8.78 Å². The van der Waals surface area contributed by atoms with Gasteiger partial charge in [-0.15, -0.1) is 6.58 Å². The van der Waals surface area contributed by atoms with Crippen molar-refractivity contribution in [3.05, 3.63) is 12.7 Å². The van der Waals surface area contributed by atoms with E-state index in [9.17, 15) is 13.6 Å². The van der Waals surface area contributed by atoms with Crippen molar-refractivity contribution in [2.45, 2.75) is 84.2 Å². The molecule has 1 aliphatic carbocycles. The molecule has 0 aromatic rings. The molecular weight excluding hydrogens is 296 g/mol. The van der Waals surface area contributed by atoms with Crippen LogP contribution < -0.4 is 0 Å². The first-order valence-electron chi connectivity index (χ1n) is 8.96. The fourth-order valence-electron chi connectivity index (χ4n) is 3.47. The maximum absolute atomic E-state index is 13.4. The summed E-state index contributed by atoms with van der Waals surface area (Å²) in [7, 11) is 0. The average molecular weight is 329 g/mol. The summed E-state index contributed by atoms with van der Waals surface area (Å²) in [5.74, 6) is -2.07. The zero-order valence-corrected chi connectivity index (χ0v) is 15.2. The standard InChI is InChI=1S/C19H33F2NO/c1-6-7-12-22(15(4)5)17(18(23)14(2)3)13-16-8-10-19(20,21)11-9-16/h6,14-17H,1,7-13H2,2-5H3/t17-/m0/s1. The van der Waals surface area contributed by atoms with Gasteiger partial charge in [-0.1, -0.05) is 19.9 Å². The molecular formula is C19H33F2NO. The fraction of sp³-hybridized carbons (Fsp3) is 0.842. The molecule has 1 rings (SSSR count). The monoisotopic (exact) mass is 329 g/mol. The summed E-state index contributed by atoms with van der Waals surface area (Å²) in [6.07, 6.45) is 4.41. The van der Waals surface area contributed by atoms with E-state index in [1.54, 1.807) is 0 Å². The third-order valence-electron chi connectivity index (χ3n) is 4.95. The topological polar surface area (TPSA) is 20.3 Å². The number of Topliss-reactive ketones (excluding diaryl/α,β-unsaturated/α-hetero) is 1. The number of alkyl halides is 2. The number of hydrogen-bond donors (Lipinski definition) is 0. The minimum absolute atomic E-state index is 0.0324. The van der Waals surface area contributed by atoms with Gasteiger partial charge in [-0.05, 0) is 45.4 Å². The largest absolute Gasteiger partial charge is 0.298 e. The average Bonchev–Trinajstić information content (AvgIpc) is 2.47. The van der Waals surface area contributed by atoms with Crippen molar-refractivity contribution in [2.24, 2.45) is 11.8 Å². The minimum atomic E-state index is -2.51. The van der Waals surface area contributed by atoms with Crippen LogP contribution in [0, 0.1) is 11.8 Å². The van der Waals surface area contributed by atoms with Gasteiger partial charge in [0.25, 0.3) is 0 Å². The van der Waals surface area contributed by atoms with Crippen LogP contribution in [0.5, 0.6) is 0 Å². The lowest BCUT2D eigenvalue weighted by Crippen LogP contribution is -2.48. The molecule has 0 saturated heterocycles. The summed E-state index contributed by atoms with van der Waals surface area (Å²) in [5.41, 5.74) is 0. The molecule has 0 unspecified atom stereocenters. The zero-order valence-electron chi connectivity index (χ0n) is 15.2. The quantitative estimate of drug-likeness (QED) is 0.550. The summed E-state index contributed by atoms with van der Waals surface area (Å²) in [6.45, 7) is 12.6. The highest BCUT2D eigenvalue weighted by Gasteiger charge is 2.38. The lowest BCUT2D eigenvalue weighted by atomic mass is 9.80. The summed E-state index contributed by atoms with van der Waals surface area (Å²) >= 11 is 0. The second kappa shape index (κ2) is 8.91. The lowest BCUT2D eigenvalue weighted by Gasteiger charge is -2.38. The van der Waals surface area contributed by atoms with E-state index in [1.807, 2.05) is 19.9 Å². The molecule has 1 saturated carbocycles. The molecule has 1 fully saturated rings. The summed E-state index contributed by atoms with van der Waals surface area (Å²) < 4.78 is 26.7. The maximum atomic E-state index is 13.4. The van der Waals surface area contributed by atoms with Crippen LogP contribution in [0.2, 0.25) is 0 Å². The van der Waals surface area contributed by atoms with Crippen LogP contribution in [0.15, 0.2) is 12.7 Å². The normalized spacial score (nSPS) is 20.2. The predicted octanol–water partition coefficient (Wildman–Crippen LogP) is 5.08. The third-order valence-corrected chi connectivity index (χ3v) is 4.95. The van der Waals surface area contributed by atoms with Crippen LogP contribution >= 0.6 is 0 Å². The van der Waals surface area contributed by atoms with E-state index < -0.39 is 5.92 Å². The Morgan fingerprint density at radius 1 is 1.26 bits per heavy atom. The van der Waals surface area contributed by atoms with Gasteiger partial charge in [0, 0.05) is 31.3 Å². The van der Waals surface area contributed by atoms with Crippen molar-refractivity contribution in [3.63, 3.8) is 0 Å². The molecule has 0 amide bonds. The molecule has 1 aliphatic rings. The molecule has 2 nitrogen and oxygen atoms in total. The predicted molar refractivity (Wildman–Crippen MR) is 91.8 cm³/mol. The third kappa shape index (κ3) is 6.33. The van der Waals surface area contributed by atoms with Crippen molar-refractivity contribution in [2.75, 3.05) is 6.54 Å².